The van der Waals surface area contributed by atoms with E-state index in [1.165, 1.54) is 48.0 Å². The van der Waals surface area contributed by atoms with Crippen LogP contribution in [0.1, 0.15) is 58.9 Å². The van der Waals surface area contributed by atoms with E-state index in [0.29, 0.717) is 11.8 Å². The maximum Gasteiger partial charge on any atom is 0.0337 e. The summed E-state index contributed by atoms with van der Waals surface area (Å²) in [6.07, 6.45) is 11.7. The van der Waals surface area contributed by atoms with Crippen LogP contribution in [0.2, 0.25) is 0 Å². The Morgan fingerprint density at radius 3 is 2.28 bits per heavy atom. The number of nitrogens with one attached hydrogen (secondary N) is 2. The summed E-state index contributed by atoms with van der Waals surface area (Å²) in [6, 6.07) is 8.52. The second kappa shape index (κ2) is 10.9. The zero-order valence-corrected chi connectivity index (χ0v) is 18.9. The van der Waals surface area contributed by atoms with Gasteiger partial charge in [0.25, 0.3) is 0 Å². The smallest absolute Gasteiger partial charge is 0.0337 e. The average Bonchev–Trinajstić information content (AvgIpc) is 2.72. The lowest BCUT2D eigenvalue weighted by molar-refractivity contribution is 0.286. The number of hydrogen-bond acceptors (Lipinski definition) is 2. The number of rotatable bonds is 8. The van der Waals surface area contributed by atoms with Gasteiger partial charge in [-0.25, -0.2) is 0 Å². The summed E-state index contributed by atoms with van der Waals surface area (Å²) in [5.41, 5.74) is 7.98. The Bertz CT molecular complexity index is 805. The summed E-state index contributed by atoms with van der Waals surface area (Å²) in [5.74, 6) is 1.24. The number of hydrogen-bond donors (Lipinski definition) is 2. The molecule has 0 aliphatic heterocycles. The normalized spacial score (nSPS) is 20.9. The molecule has 2 rings (SSSR count). The van der Waals surface area contributed by atoms with Crippen LogP contribution in [-0.2, 0) is 0 Å². The van der Waals surface area contributed by atoms with Crippen molar-refractivity contribution in [3.63, 3.8) is 0 Å². The molecule has 0 heterocycles. The molecule has 1 aliphatic carbocycles. The summed E-state index contributed by atoms with van der Waals surface area (Å²) in [5, 5.41) is 6.65. The van der Waals surface area contributed by atoms with Crippen molar-refractivity contribution in [1.29, 1.82) is 0 Å². The third-order valence-corrected chi connectivity index (χ3v) is 6.10. The van der Waals surface area contributed by atoms with Crippen molar-refractivity contribution in [3.8, 4) is 0 Å². The molecule has 1 aliphatic rings. The van der Waals surface area contributed by atoms with Gasteiger partial charge >= 0.3 is 0 Å². The van der Waals surface area contributed by atoms with Gasteiger partial charge in [-0.3, -0.25) is 0 Å². The number of allylic oxidation sites excluding steroid dienone is 7. The summed E-state index contributed by atoms with van der Waals surface area (Å²) in [4.78, 5) is 0. The maximum absolute atomic E-state index is 4.33. The van der Waals surface area contributed by atoms with Gasteiger partial charge in [0, 0.05) is 30.0 Å². The Morgan fingerprint density at radius 1 is 1.03 bits per heavy atom. The van der Waals surface area contributed by atoms with Gasteiger partial charge in [0.2, 0.25) is 0 Å². The quantitative estimate of drug-likeness (QED) is 0.450. The van der Waals surface area contributed by atoms with Gasteiger partial charge in [-0.1, -0.05) is 63.6 Å². The first kappa shape index (κ1) is 22.8. The molecule has 0 amide bonds. The van der Waals surface area contributed by atoms with Crippen molar-refractivity contribution in [3.05, 3.63) is 83.8 Å². The Labute approximate surface area is 178 Å². The molecule has 1 fully saturated rings. The van der Waals surface area contributed by atoms with Crippen LogP contribution >= 0.6 is 0 Å². The fourth-order valence-corrected chi connectivity index (χ4v) is 4.01. The van der Waals surface area contributed by atoms with Crippen LogP contribution in [0.5, 0.6) is 0 Å². The van der Waals surface area contributed by atoms with Gasteiger partial charge in [-0.2, -0.15) is 0 Å². The molecule has 1 saturated carbocycles. The molecule has 0 spiro atoms. The van der Waals surface area contributed by atoms with E-state index in [1.807, 2.05) is 7.05 Å². The van der Waals surface area contributed by atoms with Crippen LogP contribution < -0.4 is 10.6 Å². The molecule has 29 heavy (non-hydrogen) atoms. The molecular weight excluding hydrogens is 352 g/mol. The Morgan fingerprint density at radius 2 is 1.69 bits per heavy atom. The predicted octanol–water partition coefficient (Wildman–Crippen LogP) is 7.47. The molecule has 2 nitrogen and oxygen atoms in total. The number of benzene rings is 1. The van der Waals surface area contributed by atoms with E-state index in [-0.39, 0.29) is 0 Å². The van der Waals surface area contributed by atoms with E-state index >= 15 is 0 Å². The van der Waals surface area contributed by atoms with Gasteiger partial charge < -0.3 is 10.6 Å². The second-order valence-electron chi connectivity index (χ2n) is 8.27. The molecular formula is C27H38N2. The van der Waals surface area contributed by atoms with Crippen molar-refractivity contribution < 1.29 is 0 Å². The van der Waals surface area contributed by atoms with Crippen molar-refractivity contribution >= 4 is 11.3 Å². The first-order valence-corrected chi connectivity index (χ1v) is 10.8. The molecule has 1 aromatic rings. The van der Waals surface area contributed by atoms with Crippen molar-refractivity contribution in [1.82, 2.24) is 5.32 Å². The first-order valence-electron chi connectivity index (χ1n) is 10.8. The molecule has 2 unspecified atom stereocenters. The molecule has 0 bridgehead atoms. The fraction of sp³-hybridized carbons (Fsp3) is 0.407. The lowest BCUT2D eigenvalue weighted by Gasteiger charge is -2.31. The Balaban J connectivity index is 2.18. The van der Waals surface area contributed by atoms with Crippen LogP contribution in [-0.4, -0.2) is 7.05 Å². The fourth-order valence-electron chi connectivity index (χ4n) is 4.01. The summed E-state index contributed by atoms with van der Waals surface area (Å²) >= 11 is 0. The third kappa shape index (κ3) is 6.52. The van der Waals surface area contributed by atoms with Crippen LogP contribution in [0.15, 0.2) is 78.2 Å². The van der Waals surface area contributed by atoms with Gasteiger partial charge in [-0.15, -0.1) is 0 Å². The van der Waals surface area contributed by atoms with Crippen molar-refractivity contribution in [2.45, 2.75) is 53.4 Å². The molecule has 0 radical (unpaired) electrons. The summed E-state index contributed by atoms with van der Waals surface area (Å²) in [6.45, 7) is 17.3. The van der Waals surface area contributed by atoms with Gasteiger partial charge in [-0.05, 0) is 73.6 Å². The van der Waals surface area contributed by atoms with E-state index in [0.717, 1.165) is 17.1 Å². The Hall–Kier alpha value is -2.48. The highest BCUT2D eigenvalue weighted by atomic mass is 14.9. The number of anilines is 1. The molecule has 2 heteroatoms. The lowest BCUT2D eigenvalue weighted by Crippen LogP contribution is -2.25. The lowest BCUT2D eigenvalue weighted by atomic mass is 9.79. The minimum atomic E-state index is 0.545. The van der Waals surface area contributed by atoms with Crippen molar-refractivity contribution in [2.75, 3.05) is 12.4 Å². The zero-order chi connectivity index (χ0) is 21.4. The second-order valence-corrected chi connectivity index (χ2v) is 8.27. The highest BCUT2D eigenvalue weighted by Gasteiger charge is 2.23. The van der Waals surface area contributed by atoms with Crippen LogP contribution in [0, 0.1) is 11.8 Å². The average molecular weight is 391 g/mol. The van der Waals surface area contributed by atoms with E-state index in [9.17, 15) is 0 Å². The maximum atomic E-state index is 4.33. The third-order valence-electron chi connectivity index (χ3n) is 6.10. The molecule has 2 N–H and O–H groups in total. The van der Waals surface area contributed by atoms with Crippen molar-refractivity contribution in [2.24, 2.45) is 11.8 Å². The van der Waals surface area contributed by atoms with E-state index in [2.05, 4.69) is 94.0 Å². The van der Waals surface area contributed by atoms with Crippen LogP contribution in [0.3, 0.4) is 0 Å². The Kier molecular flexibility index (Phi) is 8.57. The highest BCUT2D eigenvalue weighted by molar-refractivity contribution is 5.69. The SMILES string of the molecule is C=C(/C=C(/C=C(\C)c1ccc(NC)cc1)C(\C)=C/C)NC(=C)C1CCCCC1C. The minimum Gasteiger partial charge on any atom is -0.388 e. The van der Waals surface area contributed by atoms with E-state index in [4.69, 9.17) is 0 Å². The van der Waals surface area contributed by atoms with Gasteiger partial charge in [0.05, 0.1) is 0 Å². The van der Waals surface area contributed by atoms with E-state index in [1.54, 1.807) is 0 Å². The van der Waals surface area contributed by atoms with Crippen LogP contribution in [0.4, 0.5) is 5.69 Å². The summed E-state index contributed by atoms with van der Waals surface area (Å²) < 4.78 is 0. The standard InChI is InChI=1S/C27H38N2/c1-8-19(2)25(17-21(4)24-13-15-26(28-7)16-14-24)18-22(5)29-23(6)27-12-10-9-11-20(27)3/h8,13-18,20,27-29H,5-6,9-12H2,1-4,7H3/b19-8-,21-17+,25-18-. The first-order chi connectivity index (χ1) is 13.8. The largest absolute Gasteiger partial charge is 0.388 e. The highest BCUT2D eigenvalue weighted by Crippen LogP contribution is 2.33. The molecule has 156 valence electrons. The molecule has 1 aromatic carbocycles. The van der Waals surface area contributed by atoms with Gasteiger partial charge in [0.15, 0.2) is 0 Å². The van der Waals surface area contributed by atoms with E-state index < -0.39 is 0 Å². The monoisotopic (exact) mass is 390 g/mol. The minimum absolute atomic E-state index is 0.545. The summed E-state index contributed by atoms with van der Waals surface area (Å²) in [7, 11) is 1.94. The van der Waals surface area contributed by atoms with Gasteiger partial charge in [0.1, 0.15) is 0 Å². The topological polar surface area (TPSA) is 24.1 Å². The molecule has 2 atom stereocenters. The molecule has 0 aromatic heterocycles. The molecule has 0 saturated heterocycles. The van der Waals surface area contributed by atoms with Crippen LogP contribution in [0.25, 0.3) is 5.57 Å². The predicted molar refractivity (Wildman–Crippen MR) is 130 cm³/mol. The zero-order valence-electron chi connectivity index (χ0n) is 18.9.